The fraction of sp³-hybridized carbons (Fsp3) is 0.182. The van der Waals surface area contributed by atoms with Crippen LogP contribution in [0.1, 0.15) is 12.5 Å². The van der Waals surface area contributed by atoms with Gasteiger partial charge < -0.3 is 9.84 Å². The summed E-state index contributed by atoms with van der Waals surface area (Å²) in [5, 5.41) is 20.0. The first-order chi connectivity index (χ1) is 8.70. The van der Waals surface area contributed by atoms with Gasteiger partial charge in [-0.05, 0) is 42.9 Å². The molecule has 18 heavy (non-hydrogen) atoms. The van der Waals surface area contributed by atoms with Crippen molar-refractivity contribution in [1.29, 1.82) is 0 Å². The molecule has 94 valence electrons. The Hall–Kier alpha value is -2.15. The minimum atomic E-state index is 0.105. The van der Waals surface area contributed by atoms with E-state index >= 15 is 0 Å². The highest BCUT2D eigenvalue weighted by Gasteiger charge is 2.02. The van der Waals surface area contributed by atoms with E-state index < -0.39 is 0 Å². The molecule has 0 aliphatic carbocycles. The lowest BCUT2D eigenvalue weighted by molar-refractivity contribution is 0.318. The molecule has 0 saturated heterocycles. The van der Waals surface area contributed by atoms with Crippen molar-refractivity contribution in [3.05, 3.63) is 34.9 Å². The third kappa shape index (κ3) is 2.75. The number of rotatable bonds is 4. The molecular formula is C11H12N4O2S. The summed E-state index contributed by atoms with van der Waals surface area (Å²) < 4.78 is 7.13. The normalized spacial score (nSPS) is 10.9. The van der Waals surface area contributed by atoms with Gasteiger partial charge in [0.15, 0.2) is 11.5 Å². The van der Waals surface area contributed by atoms with E-state index in [1.54, 1.807) is 24.4 Å². The summed E-state index contributed by atoms with van der Waals surface area (Å²) in [7, 11) is 0. The lowest BCUT2D eigenvalue weighted by Crippen LogP contribution is -1.94. The third-order valence-corrected chi connectivity index (χ3v) is 2.43. The van der Waals surface area contributed by atoms with Crippen LogP contribution >= 0.6 is 12.2 Å². The smallest absolute Gasteiger partial charge is 0.216 e. The van der Waals surface area contributed by atoms with Gasteiger partial charge in [0.2, 0.25) is 4.77 Å². The molecule has 7 heteroatoms. The molecule has 1 aromatic carbocycles. The highest BCUT2D eigenvalue weighted by atomic mass is 32.1. The maximum Gasteiger partial charge on any atom is 0.216 e. The molecule has 2 rings (SSSR count). The number of phenolic OH excluding ortho intramolecular Hbond substituents is 1. The van der Waals surface area contributed by atoms with Crippen molar-refractivity contribution in [2.75, 3.05) is 6.61 Å². The standard InChI is InChI=1S/C11H12N4O2S/c1-2-17-10-5-8(3-4-9(10)16)6-13-15-7-12-14-11(15)18/h3-7,16H,2H2,1H3,(H,14,18)/b13-6-. The second-order valence-electron chi connectivity index (χ2n) is 3.41. The Balaban J connectivity index is 2.24. The maximum absolute atomic E-state index is 9.56. The second-order valence-corrected chi connectivity index (χ2v) is 3.80. The molecule has 0 saturated carbocycles. The van der Waals surface area contributed by atoms with Gasteiger partial charge in [-0.1, -0.05) is 0 Å². The Morgan fingerprint density at radius 2 is 2.44 bits per heavy atom. The van der Waals surface area contributed by atoms with E-state index in [1.165, 1.54) is 11.0 Å². The van der Waals surface area contributed by atoms with Crippen molar-refractivity contribution in [3.8, 4) is 11.5 Å². The van der Waals surface area contributed by atoms with Crippen LogP contribution in [0, 0.1) is 4.77 Å². The van der Waals surface area contributed by atoms with Crippen molar-refractivity contribution in [3.63, 3.8) is 0 Å². The van der Waals surface area contributed by atoms with Gasteiger partial charge in [-0.25, -0.2) is 0 Å². The van der Waals surface area contributed by atoms with Crippen LogP contribution in [0.5, 0.6) is 11.5 Å². The number of hydrogen-bond acceptors (Lipinski definition) is 5. The predicted octanol–water partition coefficient (Wildman–Crippen LogP) is 1.93. The Morgan fingerprint density at radius 3 is 3.11 bits per heavy atom. The molecule has 0 bridgehead atoms. The lowest BCUT2D eigenvalue weighted by Gasteiger charge is -2.05. The topological polar surface area (TPSA) is 75.4 Å². The Bertz CT molecular complexity index is 618. The molecule has 1 heterocycles. The quantitative estimate of drug-likeness (QED) is 0.653. The van der Waals surface area contributed by atoms with Crippen LogP contribution in [0.25, 0.3) is 0 Å². The van der Waals surface area contributed by atoms with Crippen molar-refractivity contribution >= 4 is 18.4 Å². The number of H-pyrrole nitrogens is 1. The summed E-state index contributed by atoms with van der Waals surface area (Å²) in [6, 6.07) is 4.98. The van der Waals surface area contributed by atoms with Crippen LogP contribution in [0.2, 0.25) is 0 Å². The number of aromatic nitrogens is 3. The molecule has 0 fully saturated rings. The molecule has 0 spiro atoms. The summed E-state index contributed by atoms with van der Waals surface area (Å²) in [6.45, 7) is 2.34. The molecule has 0 atom stereocenters. The summed E-state index contributed by atoms with van der Waals surface area (Å²) in [5.41, 5.74) is 0.791. The summed E-state index contributed by atoms with van der Waals surface area (Å²) in [6.07, 6.45) is 3.08. The Morgan fingerprint density at radius 1 is 1.61 bits per heavy atom. The molecule has 0 amide bonds. The van der Waals surface area contributed by atoms with Gasteiger partial charge in [0.25, 0.3) is 0 Å². The lowest BCUT2D eigenvalue weighted by atomic mass is 10.2. The molecule has 6 nitrogen and oxygen atoms in total. The first-order valence-corrected chi connectivity index (χ1v) is 5.73. The van der Waals surface area contributed by atoms with Crippen LogP contribution in [0.4, 0.5) is 0 Å². The zero-order valence-electron chi connectivity index (χ0n) is 9.70. The number of hydrogen-bond donors (Lipinski definition) is 2. The maximum atomic E-state index is 9.56. The van der Waals surface area contributed by atoms with E-state index in [4.69, 9.17) is 17.0 Å². The monoisotopic (exact) mass is 264 g/mol. The Kier molecular flexibility index (Phi) is 3.73. The third-order valence-electron chi connectivity index (χ3n) is 2.15. The first kappa shape index (κ1) is 12.3. The highest BCUT2D eigenvalue weighted by Crippen LogP contribution is 2.26. The zero-order valence-corrected chi connectivity index (χ0v) is 10.5. The van der Waals surface area contributed by atoms with Crippen LogP contribution in [-0.2, 0) is 0 Å². The minimum absolute atomic E-state index is 0.105. The zero-order chi connectivity index (χ0) is 13.0. The van der Waals surface area contributed by atoms with Crippen LogP contribution < -0.4 is 4.74 Å². The average molecular weight is 264 g/mol. The molecule has 0 aliphatic heterocycles. The SMILES string of the molecule is CCOc1cc(/C=N\n2cn[nH]c2=S)ccc1O. The second kappa shape index (κ2) is 5.46. The van der Waals surface area contributed by atoms with Gasteiger partial charge >= 0.3 is 0 Å². The average Bonchev–Trinajstić information content (AvgIpc) is 2.76. The van der Waals surface area contributed by atoms with Gasteiger partial charge in [-0.3, -0.25) is 5.10 Å². The molecule has 0 aliphatic rings. The van der Waals surface area contributed by atoms with Crippen molar-refractivity contribution in [1.82, 2.24) is 14.9 Å². The van der Waals surface area contributed by atoms with Crippen LogP contribution in [-0.4, -0.2) is 32.8 Å². The van der Waals surface area contributed by atoms with Gasteiger partial charge in [0.05, 0.1) is 12.8 Å². The molecular weight excluding hydrogens is 252 g/mol. The Labute approximate surface area is 109 Å². The van der Waals surface area contributed by atoms with Gasteiger partial charge in [0.1, 0.15) is 6.33 Å². The summed E-state index contributed by atoms with van der Waals surface area (Å²) in [4.78, 5) is 0. The van der Waals surface area contributed by atoms with E-state index in [-0.39, 0.29) is 5.75 Å². The number of nitrogens with zero attached hydrogens (tertiary/aromatic N) is 3. The van der Waals surface area contributed by atoms with E-state index in [1.807, 2.05) is 6.92 Å². The number of aromatic hydroxyl groups is 1. The fourth-order valence-corrected chi connectivity index (χ4v) is 1.48. The van der Waals surface area contributed by atoms with Crippen molar-refractivity contribution < 1.29 is 9.84 Å². The van der Waals surface area contributed by atoms with E-state index in [0.29, 0.717) is 17.1 Å². The van der Waals surface area contributed by atoms with Crippen LogP contribution in [0.3, 0.4) is 0 Å². The molecule has 0 unspecified atom stereocenters. The fourth-order valence-electron chi connectivity index (χ4n) is 1.34. The largest absolute Gasteiger partial charge is 0.504 e. The van der Waals surface area contributed by atoms with E-state index in [9.17, 15) is 5.11 Å². The molecule has 2 aromatic rings. The van der Waals surface area contributed by atoms with Gasteiger partial charge in [0, 0.05) is 0 Å². The molecule has 1 aromatic heterocycles. The van der Waals surface area contributed by atoms with Crippen molar-refractivity contribution in [2.24, 2.45) is 5.10 Å². The highest BCUT2D eigenvalue weighted by molar-refractivity contribution is 7.71. The predicted molar refractivity (Wildman–Crippen MR) is 69.7 cm³/mol. The number of nitrogens with one attached hydrogen (secondary N) is 1. The van der Waals surface area contributed by atoms with Gasteiger partial charge in [-0.15, -0.1) is 0 Å². The minimum Gasteiger partial charge on any atom is -0.504 e. The van der Waals surface area contributed by atoms with Gasteiger partial charge in [-0.2, -0.15) is 14.9 Å². The molecule has 0 radical (unpaired) electrons. The van der Waals surface area contributed by atoms with Crippen LogP contribution in [0.15, 0.2) is 29.6 Å². The molecule has 2 N–H and O–H groups in total. The van der Waals surface area contributed by atoms with E-state index in [2.05, 4.69) is 15.3 Å². The number of ether oxygens (including phenoxy) is 1. The number of phenols is 1. The van der Waals surface area contributed by atoms with E-state index in [0.717, 1.165) is 5.56 Å². The number of aromatic amines is 1. The number of benzene rings is 1. The summed E-state index contributed by atoms with van der Waals surface area (Å²) >= 11 is 4.96. The van der Waals surface area contributed by atoms with Crippen molar-refractivity contribution in [2.45, 2.75) is 6.92 Å². The first-order valence-electron chi connectivity index (χ1n) is 5.33. The summed E-state index contributed by atoms with van der Waals surface area (Å²) in [5.74, 6) is 0.533.